The van der Waals surface area contributed by atoms with Gasteiger partial charge in [-0.3, -0.25) is 15.5 Å². The van der Waals surface area contributed by atoms with Crippen LogP contribution in [0.4, 0.5) is 10.5 Å². The normalized spacial score (nSPS) is 14.7. The Labute approximate surface area is 288 Å². The molecule has 3 aromatic rings. The number of nitrogens with one attached hydrogen (secondary N) is 3. The lowest BCUT2D eigenvalue weighted by atomic mass is 9.95. The first kappa shape index (κ1) is 36.7. The number of aliphatic hydroxyl groups is 1. The quantitative estimate of drug-likeness (QED) is 0.0391. The van der Waals surface area contributed by atoms with Gasteiger partial charge in [-0.15, -0.1) is 6.58 Å². The van der Waals surface area contributed by atoms with Crippen molar-refractivity contribution in [3.63, 3.8) is 0 Å². The van der Waals surface area contributed by atoms with Gasteiger partial charge in [0.1, 0.15) is 13.2 Å². The lowest BCUT2D eigenvalue weighted by molar-refractivity contribution is -0.384. The Bertz CT molecular complexity index is 1770. The van der Waals surface area contributed by atoms with E-state index in [-0.39, 0.29) is 24.5 Å². The van der Waals surface area contributed by atoms with Crippen LogP contribution >= 0.6 is 0 Å². The lowest BCUT2D eigenvalue weighted by Gasteiger charge is -2.28. The molecule has 2 amide bonds. The molecule has 50 heavy (non-hydrogen) atoms. The number of ether oxygens (including phenoxy) is 5. The Morgan fingerprint density at radius 1 is 1.10 bits per heavy atom. The maximum atomic E-state index is 12.5. The number of carbonyl (C=O) groups excluding carboxylic acids is 2. The van der Waals surface area contributed by atoms with Crippen LogP contribution in [-0.2, 0) is 22.6 Å². The number of methoxy groups -OCH3 is 2. The highest BCUT2D eigenvalue weighted by molar-refractivity contribution is 5.95. The zero-order valence-electron chi connectivity index (χ0n) is 28.1. The highest BCUT2D eigenvalue weighted by Gasteiger charge is 2.32. The third-order valence-electron chi connectivity index (χ3n) is 7.38. The van der Waals surface area contributed by atoms with Crippen LogP contribution in [0.1, 0.15) is 42.1 Å². The summed E-state index contributed by atoms with van der Waals surface area (Å²) in [5.41, 5.74) is 5.96. The van der Waals surface area contributed by atoms with Crippen LogP contribution in [0.15, 0.2) is 83.6 Å². The van der Waals surface area contributed by atoms with Gasteiger partial charge in [0.25, 0.3) is 5.69 Å². The van der Waals surface area contributed by atoms with Crippen molar-refractivity contribution in [2.24, 2.45) is 5.10 Å². The monoisotopic (exact) mass is 689 g/mol. The third-order valence-corrected chi connectivity index (χ3v) is 7.38. The highest BCUT2D eigenvalue weighted by atomic mass is 16.6. The molecule has 15 heteroatoms. The summed E-state index contributed by atoms with van der Waals surface area (Å²) in [5, 5.41) is 31.0. The molecular weight excluding hydrogens is 650 g/mol. The molecule has 0 spiro atoms. The second kappa shape index (κ2) is 17.3. The molecule has 0 saturated carbocycles. The molecule has 0 saturated heterocycles. The predicted octanol–water partition coefficient (Wildman–Crippen LogP) is 4.43. The van der Waals surface area contributed by atoms with Crippen molar-refractivity contribution in [2.45, 2.75) is 39.1 Å². The number of nitro benzene ring substituents is 1. The van der Waals surface area contributed by atoms with Crippen LogP contribution in [0.3, 0.4) is 0 Å². The van der Waals surface area contributed by atoms with Gasteiger partial charge in [-0.05, 0) is 73.4 Å². The van der Waals surface area contributed by atoms with Gasteiger partial charge in [0, 0.05) is 23.4 Å². The van der Waals surface area contributed by atoms with Crippen molar-refractivity contribution in [3.8, 4) is 23.0 Å². The van der Waals surface area contributed by atoms with Gasteiger partial charge in [0.15, 0.2) is 29.2 Å². The van der Waals surface area contributed by atoms with Crippen LogP contribution < -0.4 is 35.0 Å². The molecule has 4 rings (SSSR count). The van der Waals surface area contributed by atoms with Gasteiger partial charge >= 0.3 is 12.0 Å². The second-order valence-corrected chi connectivity index (χ2v) is 10.8. The number of carbonyl (C=O) groups is 2. The number of nitro groups is 1. The predicted molar refractivity (Wildman–Crippen MR) is 183 cm³/mol. The maximum Gasteiger partial charge on any atom is 0.337 e. The van der Waals surface area contributed by atoms with Gasteiger partial charge in [-0.25, -0.2) is 9.59 Å². The van der Waals surface area contributed by atoms with Gasteiger partial charge in [-0.2, -0.15) is 5.10 Å². The summed E-state index contributed by atoms with van der Waals surface area (Å²) in [6.07, 6.45) is 2.47. The number of urea groups is 1. The first-order valence-corrected chi connectivity index (χ1v) is 15.5. The van der Waals surface area contributed by atoms with E-state index in [1.165, 1.54) is 32.6 Å². The smallest absolute Gasteiger partial charge is 0.337 e. The van der Waals surface area contributed by atoms with Crippen molar-refractivity contribution >= 4 is 23.9 Å². The maximum absolute atomic E-state index is 12.5. The highest BCUT2D eigenvalue weighted by Crippen LogP contribution is 2.36. The minimum atomic E-state index is -1.21. The Morgan fingerprint density at radius 2 is 1.86 bits per heavy atom. The number of esters is 1. The van der Waals surface area contributed by atoms with Gasteiger partial charge in [0.05, 0.1) is 43.6 Å². The van der Waals surface area contributed by atoms with Crippen LogP contribution in [-0.4, -0.2) is 61.9 Å². The number of hydrogen-bond donors (Lipinski definition) is 4. The third kappa shape index (κ3) is 9.29. The molecule has 0 fully saturated rings. The molecular formula is C35H39N5O10. The number of aliphatic hydroxyl groups excluding tert-OH is 1. The van der Waals surface area contributed by atoms with Crippen molar-refractivity contribution < 1.29 is 43.3 Å². The average Bonchev–Trinajstić information content (AvgIpc) is 3.10. The van der Waals surface area contributed by atoms with Gasteiger partial charge in [-0.1, -0.05) is 12.1 Å². The van der Waals surface area contributed by atoms with Crippen LogP contribution in [0.2, 0.25) is 0 Å². The number of benzene rings is 3. The Balaban J connectivity index is 1.42. The summed E-state index contributed by atoms with van der Waals surface area (Å²) < 4.78 is 28.1. The summed E-state index contributed by atoms with van der Waals surface area (Å²) in [5.74, 6) is 1.01. The van der Waals surface area contributed by atoms with Crippen LogP contribution in [0.25, 0.3) is 0 Å². The standard InChI is InChI=1S/C35H39N5O10/c1-6-8-25-15-23(16-29(46-4)33(25)50-19-22-9-12-26(13-10-22)40(44)45)18-36-39-30(41)20-49-27-14-11-24(17-28(27)48-7-2)32-31(34(42)47-5)21(3)37-35(43)38-32/h6,9-18,30,32,39,41H,1,7-8,19-20H2,2-5H3,(H2,37,38,43)/b36-18-/t30-,32+/m0/s1. The first-order valence-electron chi connectivity index (χ1n) is 15.5. The van der Waals surface area contributed by atoms with E-state index in [2.05, 4.69) is 27.7 Å². The van der Waals surface area contributed by atoms with E-state index < -0.39 is 29.2 Å². The molecule has 0 radical (unpaired) electrons. The molecule has 3 aromatic carbocycles. The number of hydrazone groups is 1. The molecule has 0 aliphatic carbocycles. The van der Waals surface area contributed by atoms with Crippen LogP contribution in [0, 0.1) is 10.1 Å². The lowest BCUT2D eigenvalue weighted by Crippen LogP contribution is -2.45. The van der Waals surface area contributed by atoms with E-state index in [4.69, 9.17) is 23.7 Å². The number of rotatable bonds is 17. The molecule has 0 unspecified atom stereocenters. The summed E-state index contributed by atoms with van der Waals surface area (Å²) >= 11 is 0. The zero-order valence-corrected chi connectivity index (χ0v) is 28.1. The Morgan fingerprint density at radius 3 is 2.52 bits per heavy atom. The van der Waals surface area contributed by atoms with Crippen molar-refractivity contribution in [2.75, 3.05) is 27.4 Å². The number of non-ortho nitro benzene ring substituents is 1. The molecule has 0 aromatic heterocycles. The van der Waals surface area contributed by atoms with E-state index in [0.717, 1.165) is 11.1 Å². The molecule has 0 bridgehead atoms. The molecule has 15 nitrogen and oxygen atoms in total. The fraction of sp³-hybridized carbons (Fsp3) is 0.286. The van der Waals surface area contributed by atoms with E-state index in [9.17, 15) is 24.8 Å². The van der Waals surface area contributed by atoms with E-state index >= 15 is 0 Å². The van der Waals surface area contributed by atoms with Crippen molar-refractivity contribution in [3.05, 3.63) is 111 Å². The molecule has 2 atom stereocenters. The Kier molecular flexibility index (Phi) is 12.7. The largest absolute Gasteiger partial charge is 0.493 e. The van der Waals surface area contributed by atoms with Gasteiger partial charge in [0.2, 0.25) is 0 Å². The first-order chi connectivity index (χ1) is 24.1. The molecule has 4 N–H and O–H groups in total. The fourth-order valence-electron chi connectivity index (χ4n) is 5.07. The van der Waals surface area contributed by atoms with Crippen LogP contribution in [0.5, 0.6) is 23.0 Å². The number of nitrogens with zero attached hydrogens (tertiary/aromatic N) is 2. The van der Waals surface area contributed by atoms with E-state index in [1.807, 2.05) is 6.07 Å². The summed E-state index contributed by atoms with van der Waals surface area (Å²) in [6.45, 7) is 7.50. The molecule has 1 aliphatic heterocycles. The molecule has 1 aliphatic rings. The summed E-state index contributed by atoms with van der Waals surface area (Å²) in [7, 11) is 2.77. The minimum Gasteiger partial charge on any atom is -0.493 e. The second-order valence-electron chi connectivity index (χ2n) is 10.8. The Hall–Kier alpha value is -6.09. The molecule has 264 valence electrons. The summed E-state index contributed by atoms with van der Waals surface area (Å²) in [6, 6.07) is 13.3. The van der Waals surface area contributed by atoms with Gasteiger partial charge < -0.3 is 39.4 Å². The van der Waals surface area contributed by atoms with Crippen molar-refractivity contribution in [1.82, 2.24) is 16.1 Å². The number of amides is 2. The number of hydrogen-bond acceptors (Lipinski definition) is 12. The van der Waals surface area contributed by atoms with E-state index in [1.54, 1.807) is 56.3 Å². The van der Waals surface area contributed by atoms with E-state index in [0.29, 0.717) is 52.8 Å². The zero-order chi connectivity index (χ0) is 36.2. The topological polar surface area (TPSA) is 192 Å². The molecule has 1 heterocycles. The minimum absolute atomic E-state index is 0.00779. The van der Waals surface area contributed by atoms with Crippen molar-refractivity contribution in [1.29, 1.82) is 0 Å². The fourth-order valence-corrected chi connectivity index (χ4v) is 5.07. The SMILES string of the molecule is C=CCc1cc(/C=N\N[C@@H](O)COc2ccc([C@H]3NC(=O)NC(C)=C3C(=O)OC)cc2OCC)cc(OC)c1OCc1ccc([N+](=O)[O-])cc1. The summed E-state index contributed by atoms with van der Waals surface area (Å²) in [4.78, 5) is 35.2. The average molecular weight is 690 g/mol. The number of allylic oxidation sites excluding steroid dienone is 2.